The summed E-state index contributed by atoms with van der Waals surface area (Å²) in [5.74, 6) is -0.293. The van der Waals surface area contributed by atoms with Gasteiger partial charge in [-0.15, -0.1) is 0 Å². The van der Waals surface area contributed by atoms with Gasteiger partial charge in [0.1, 0.15) is 11.0 Å². The van der Waals surface area contributed by atoms with Gasteiger partial charge in [-0.05, 0) is 60.0 Å². The van der Waals surface area contributed by atoms with Gasteiger partial charge in [0.15, 0.2) is 0 Å². The second-order valence-electron chi connectivity index (χ2n) is 9.24. The summed E-state index contributed by atoms with van der Waals surface area (Å²) in [7, 11) is 0. The largest absolute Gasteiger partial charge is 0.462 e. The van der Waals surface area contributed by atoms with Gasteiger partial charge in [0, 0.05) is 11.1 Å². The van der Waals surface area contributed by atoms with Crippen molar-refractivity contribution in [3.05, 3.63) is 108 Å². The van der Waals surface area contributed by atoms with Gasteiger partial charge in [-0.25, -0.2) is 9.80 Å². The van der Waals surface area contributed by atoms with Crippen LogP contribution >= 0.6 is 0 Å². The fourth-order valence-electron chi connectivity index (χ4n) is 4.77. The Bertz CT molecular complexity index is 1640. The molecule has 0 bridgehead atoms. The number of anilines is 2. The lowest BCUT2D eigenvalue weighted by Gasteiger charge is -2.21. The summed E-state index contributed by atoms with van der Waals surface area (Å²) < 4.78 is 5.52. The molecule has 1 aromatic heterocycles. The number of unbranched alkanes of at least 4 members (excludes halogenated alkanes) is 2. The van der Waals surface area contributed by atoms with E-state index in [4.69, 9.17) is 9.84 Å². The van der Waals surface area contributed by atoms with Crippen molar-refractivity contribution in [2.24, 2.45) is 5.10 Å². The van der Waals surface area contributed by atoms with E-state index in [1.807, 2.05) is 83.9 Å². The number of nitrogens with zero attached hydrogens (tertiary/aromatic N) is 4. The molecule has 0 atom stereocenters. The van der Waals surface area contributed by atoms with Crippen LogP contribution in [0.4, 0.5) is 11.4 Å². The average molecular weight is 502 g/mol. The van der Waals surface area contributed by atoms with Gasteiger partial charge < -0.3 is 4.74 Å². The summed E-state index contributed by atoms with van der Waals surface area (Å²) in [5, 5.41) is 18.3. The number of esters is 1. The van der Waals surface area contributed by atoms with Crippen LogP contribution < -0.4 is 5.01 Å². The van der Waals surface area contributed by atoms with E-state index in [1.165, 1.54) is 0 Å². The summed E-state index contributed by atoms with van der Waals surface area (Å²) in [4.78, 5) is 12.8. The van der Waals surface area contributed by atoms with Gasteiger partial charge in [0.2, 0.25) is 0 Å². The van der Waals surface area contributed by atoms with Gasteiger partial charge in [-0.3, -0.25) is 0 Å². The first kappa shape index (κ1) is 23.6. The average Bonchev–Trinajstić information content (AvgIpc) is 3.56. The molecule has 0 radical (unpaired) electrons. The molecule has 1 aliphatic carbocycles. The SMILES string of the molecule is CCCCCOC(=O)c1ccc2c(c1)-c1ccccc1C2=NN(c1ccccc1)c1ccc2n[nH]nc2c1. The molecule has 38 heavy (non-hydrogen) atoms. The third kappa shape index (κ3) is 4.43. The van der Waals surface area contributed by atoms with Gasteiger partial charge in [0.05, 0.1) is 29.3 Å². The minimum Gasteiger partial charge on any atom is -0.462 e. The Morgan fingerprint density at radius 3 is 2.39 bits per heavy atom. The number of fused-ring (bicyclic) bond motifs is 4. The number of para-hydroxylation sites is 1. The van der Waals surface area contributed by atoms with Crippen LogP contribution in [0.25, 0.3) is 22.2 Å². The van der Waals surface area contributed by atoms with E-state index >= 15 is 0 Å². The second kappa shape index (κ2) is 10.3. The van der Waals surface area contributed by atoms with Crippen molar-refractivity contribution in [3.63, 3.8) is 0 Å². The monoisotopic (exact) mass is 501 g/mol. The van der Waals surface area contributed by atoms with E-state index in [9.17, 15) is 4.79 Å². The van der Waals surface area contributed by atoms with Crippen molar-refractivity contribution in [2.45, 2.75) is 26.2 Å². The zero-order valence-electron chi connectivity index (χ0n) is 21.1. The first-order valence-electron chi connectivity index (χ1n) is 12.9. The van der Waals surface area contributed by atoms with E-state index < -0.39 is 0 Å². The Balaban J connectivity index is 1.43. The molecule has 1 N–H and O–H groups in total. The highest BCUT2D eigenvalue weighted by Crippen LogP contribution is 2.39. The summed E-state index contributed by atoms with van der Waals surface area (Å²) >= 11 is 0. The molecule has 0 amide bonds. The van der Waals surface area contributed by atoms with E-state index in [2.05, 4.69) is 34.5 Å². The fourth-order valence-corrected chi connectivity index (χ4v) is 4.77. The minimum atomic E-state index is -0.293. The number of carbonyl (C=O) groups excluding carboxylic acids is 1. The summed E-state index contributed by atoms with van der Waals surface area (Å²) in [6, 6.07) is 29.8. The zero-order chi connectivity index (χ0) is 25.9. The van der Waals surface area contributed by atoms with Gasteiger partial charge in [0.25, 0.3) is 0 Å². The molecule has 0 saturated heterocycles. The van der Waals surface area contributed by atoms with Crippen molar-refractivity contribution in [1.29, 1.82) is 0 Å². The highest BCUT2D eigenvalue weighted by molar-refractivity contribution is 6.25. The Morgan fingerprint density at radius 1 is 0.789 bits per heavy atom. The number of benzene rings is 4. The second-order valence-corrected chi connectivity index (χ2v) is 9.24. The Hall–Kier alpha value is -4.78. The van der Waals surface area contributed by atoms with E-state index in [-0.39, 0.29) is 5.97 Å². The fraction of sp³-hybridized carbons (Fsp3) is 0.161. The van der Waals surface area contributed by atoms with Crippen molar-refractivity contribution < 1.29 is 9.53 Å². The van der Waals surface area contributed by atoms with Crippen LogP contribution in [0, 0.1) is 0 Å². The lowest BCUT2D eigenvalue weighted by atomic mass is 10.0. The minimum absolute atomic E-state index is 0.293. The molecule has 0 spiro atoms. The predicted octanol–water partition coefficient (Wildman–Crippen LogP) is 6.88. The molecular weight excluding hydrogens is 474 g/mol. The normalized spacial score (nSPS) is 12.9. The predicted molar refractivity (Wildman–Crippen MR) is 150 cm³/mol. The Labute approximate surface area is 220 Å². The van der Waals surface area contributed by atoms with Gasteiger partial charge in [-0.1, -0.05) is 68.3 Å². The molecule has 7 nitrogen and oxygen atoms in total. The lowest BCUT2D eigenvalue weighted by Crippen LogP contribution is -2.14. The van der Waals surface area contributed by atoms with E-state index in [0.29, 0.717) is 12.2 Å². The van der Waals surface area contributed by atoms with Gasteiger partial charge in [-0.2, -0.15) is 20.5 Å². The van der Waals surface area contributed by atoms with Crippen LogP contribution in [-0.2, 0) is 4.74 Å². The van der Waals surface area contributed by atoms with Crippen LogP contribution in [0.3, 0.4) is 0 Å². The molecule has 1 heterocycles. The highest BCUT2D eigenvalue weighted by atomic mass is 16.5. The quantitative estimate of drug-likeness (QED) is 0.140. The van der Waals surface area contributed by atoms with E-state index in [1.54, 1.807) is 0 Å². The van der Waals surface area contributed by atoms with Gasteiger partial charge >= 0.3 is 5.97 Å². The first-order chi connectivity index (χ1) is 18.7. The number of hydrogen-bond donors (Lipinski definition) is 1. The maximum atomic E-state index is 12.8. The molecule has 1 aliphatic rings. The molecule has 188 valence electrons. The Kier molecular flexibility index (Phi) is 6.40. The maximum absolute atomic E-state index is 12.8. The molecule has 7 heteroatoms. The first-order valence-corrected chi connectivity index (χ1v) is 12.9. The lowest BCUT2D eigenvalue weighted by molar-refractivity contribution is 0.0498. The van der Waals surface area contributed by atoms with Crippen molar-refractivity contribution in [2.75, 3.05) is 11.6 Å². The number of H-pyrrole nitrogens is 1. The van der Waals surface area contributed by atoms with Crippen LogP contribution in [0.5, 0.6) is 0 Å². The van der Waals surface area contributed by atoms with Crippen LogP contribution in [-0.4, -0.2) is 33.7 Å². The number of ether oxygens (including phenoxy) is 1. The number of aromatic nitrogens is 3. The molecule has 0 saturated carbocycles. The number of aromatic amines is 1. The van der Waals surface area contributed by atoms with Crippen molar-refractivity contribution in [1.82, 2.24) is 15.4 Å². The van der Waals surface area contributed by atoms with Crippen molar-refractivity contribution >= 4 is 34.1 Å². The Morgan fingerprint density at radius 2 is 1.55 bits per heavy atom. The molecule has 6 rings (SSSR count). The number of hydrazone groups is 1. The zero-order valence-corrected chi connectivity index (χ0v) is 21.1. The molecule has 0 aliphatic heterocycles. The number of hydrogen-bond acceptors (Lipinski definition) is 6. The van der Waals surface area contributed by atoms with E-state index in [0.717, 1.165) is 69.6 Å². The molecule has 0 fully saturated rings. The van der Waals surface area contributed by atoms with Crippen molar-refractivity contribution in [3.8, 4) is 11.1 Å². The summed E-state index contributed by atoms with van der Waals surface area (Å²) in [6.07, 6.45) is 3.01. The van der Waals surface area contributed by atoms with Crippen LogP contribution in [0.1, 0.15) is 47.7 Å². The highest BCUT2D eigenvalue weighted by Gasteiger charge is 2.27. The smallest absolute Gasteiger partial charge is 0.338 e. The molecular formula is C31H27N5O2. The number of nitrogens with one attached hydrogen (secondary N) is 1. The topological polar surface area (TPSA) is 83.5 Å². The standard InChI is InChI=1S/C31H27N5O2/c1-2-3-9-18-38-31(37)21-14-16-26-27(19-21)24-12-7-8-13-25(24)30(26)34-36(22-10-5-4-6-11-22)23-15-17-28-29(20-23)33-35-32-28/h4-8,10-17,19-20H,2-3,9,18H2,1H3,(H,32,33,35). The summed E-state index contributed by atoms with van der Waals surface area (Å²) in [5.41, 5.74) is 8.72. The third-order valence-electron chi connectivity index (χ3n) is 6.71. The number of carbonyl (C=O) groups is 1. The summed E-state index contributed by atoms with van der Waals surface area (Å²) in [6.45, 7) is 2.57. The molecule has 4 aromatic carbocycles. The van der Waals surface area contributed by atoms with Crippen LogP contribution in [0.2, 0.25) is 0 Å². The third-order valence-corrected chi connectivity index (χ3v) is 6.71. The van der Waals surface area contributed by atoms with Crippen LogP contribution in [0.15, 0.2) is 96.1 Å². The molecule has 5 aromatic rings. The molecule has 0 unspecified atom stereocenters. The number of rotatable bonds is 8. The maximum Gasteiger partial charge on any atom is 0.338 e.